The highest BCUT2D eigenvalue weighted by Crippen LogP contribution is 2.13. The smallest absolute Gasteiger partial charge is 0.317 e. The number of ether oxygens (including phenoxy) is 1. The van der Waals surface area contributed by atoms with Crippen LogP contribution in [0.3, 0.4) is 0 Å². The average molecular weight is 232 g/mol. The molecule has 1 rings (SSSR count). The normalized spacial score (nSPS) is 19.8. The van der Waals surface area contributed by atoms with Gasteiger partial charge in [-0.1, -0.05) is 0 Å². The van der Waals surface area contributed by atoms with Crippen molar-refractivity contribution in [3.8, 4) is 0 Å². The summed E-state index contributed by atoms with van der Waals surface area (Å²) in [6.07, 6.45) is 2.65. The molecule has 1 fully saturated rings. The first-order valence-corrected chi connectivity index (χ1v) is 5.98. The maximum Gasteiger partial charge on any atom is 0.317 e. The third kappa shape index (κ3) is 4.35. The van der Waals surface area contributed by atoms with Gasteiger partial charge in [0.25, 0.3) is 0 Å². The van der Waals surface area contributed by atoms with E-state index in [1.165, 1.54) is 0 Å². The number of rotatable bonds is 6. The molecule has 0 radical (unpaired) electrons. The summed E-state index contributed by atoms with van der Waals surface area (Å²) in [5, 5.41) is 2.70. The van der Waals surface area contributed by atoms with Crippen LogP contribution in [0.5, 0.6) is 0 Å². The van der Waals surface area contributed by atoms with Crippen LogP contribution in [-0.4, -0.2) is 50.0 Å². The van der Waals surface area contributed by atoms with Gasteiger partial charge in [0, 0.05) is 26.2 Å². The van der Waals surface area contributed by atoms with Gasteiger partial charge in [-0.3, -0.25) is 4.39 Å². The minimum absolute atomic E-state index is 0.119. The van der Waals surface area contributed by atoms with Crippen LogP contribution in [0.4, 0.5) is 9.18 Å². The standard InChI is InChI=1S/C11H21FN2O2/c1-2-14(9-10-5-3-8-16-10)11(15)13-7-4-6-12/h10H,2-9H2,1H3,(H,13,15)/t10-/m1/s1. The Morgan fingerprint density at radius 1 is 1.62 bits per heavy atom. The lowest BCUT2D eigenvalue weighted by Crippen LogP contribution is -2.43. The molecule has 0 spiro atoms. The summed E-state index contributed by atoms with van der Waals surface area (Å²) in [7, 11) is 0. The number of nitrogens with one attached hydrogen (secondary N) is 1. The highest BCUT2D eigenvalue weighted by molar-refractivity contribution is 5.74. The zero-order valence-corrected chi connectivity index (χ0v) is 9.88. The van der Waals surface area contributed by atoms with E-state index in [4.69, 9.17) is 4.74 Å². The molecule has 0 aromatic carbocycles. The number of carbonyl (C=O) groups is 1. The van der Waals surface area contributed by atoms with Gasteiger partial charge in [0.2, 0.25) is 0 Å². The second-order valence-corrected chi connectivity index (χ2v) is 3.95. The number of alkyl halides is 1. The Labute approximate surface area is 96.1 Å². The molecule has 94 valence electrons. The molecule has 16 heavy (non-hydrogen) atoms. The quantitative estimate of drug-likeness (QED) is 0.706. The second-order valence-electron chi connectivity index (χ2n) is 3.95. The molecule has 1 aliphatic heterocycles. The summed E-state index contributed by atoms with van der Waals surface area (Å²) < 4.78 is 17.3. The Morgan fingerprint density at radius 2 is 2.44 bits per heavy atom. The van der Waals surface area contributed by atoms with E-state index in [9.17, 15) is 9.18 Å². The van der Waals surface area contributed by atoms with E-state index in [0.717, 1.165) is 19.4 Å². The molecule has 4 nitrogen and oxygen atoms in total. The van der Waals surface area contributed by atoms with E-state index in [2.05, 4.69) is 5.32 Å². The number of hydrogen-bond acceptors (Lipinski definition) is 2. The SMILES string of the molecule is CCN(C[C@H]1CCCO1)C(=O)NCCCF. The van der Waals surface area contributed by atoms with Gasteiger partial charge in [-0.25, -0.2) is 4.79 Å². The first-order chi connectivity index (χ1) is 7.77. The van der Waals surface area contributed by atoms with E-state index < -0.39 is 6.67 Å². The fourth-order valence-electron chi connectivity index (χ4n) is 1.76. The molecule has 0 bridgehead atoms. The Bertz CT molecular complexity index is 208. The number of likely N-dealkylation sites (N-methyl/N-ethyl adjacent to an activating group) is 1. The minimum atomic E-state index is -0.391. The number of hydrogen-bond donors (Lipinski definition) is 1. The topological polar surface area (TPSA) is 41.6 Å². The van der Waals surface area contributed by atoms with Crippen LogP contribution in [0.2, 0.25) is 0 Å². The number of amides is 2. The fraction of sp³-hybridized carbons (Fsp3) is 0.909. The van der Waals surface area contributed by atoms with Crippen molar-refractivity contribution < 1.29 is 13.9 Å². The van der Waals surface area contributed by atoms with Gasteiger partial charge >= 0.3 is 6.03 Å². The summed E-state index contributed by atoms with van der Waals surface area (Å²) in [4.78, 5) is 13.4. The van der Waals surface area contributed by atoms with E-state index in [1.807, 2.05) is 6.92 Å². The molecule has 0 aromatic rings. The van der Waals surface area contributed by atoms with E-state index >= 15 is 0 Å². The molecule has 1 N–H and O–H groups in total. The van der Waals surface area contributed by atoms with E-state index in [-0.39, 0.29) is 12.1 Å². The molecule has 0 saturated carbocycles. The second kappa shape index (κ2) is 7.44. The van der Waals surface area contributed by atoms with Crippen LogP contribution in [0.15, 0.2) is 0 Å². The first-order valence-electron chi connectivity index (χ1n) is 5.98. The minimum Gasteiger partial charge on any atom is -0.376 e. The zero-order valence-electron chi connectivity index (χ0n) is 9.88. The number of carbonyl (C=O) groups excluding carboxylic acids is 1. The maximum atomic E-state index is 11.9. The number of urea groups is 1. The summed E-state index contributed by atoms with van der Waals surface area (Å²) in [5.41, 5.74) is 0. The maximum absolute atomic E-state index is 11.9. The molecule has 5 heteroatoms. The van der Waals surface area contributed by atoms with Crippen LogP contribution >= 0.6 is 0 Å². The van der Waals surface area contributed by atoms with Crippen molar-refractivity contribution in [2.75, 3.05) is 32.9 Å². The Hall–Kier alpha value is -0.840. The highest BCUT2D eigenvalue weighted by Gasteiger charge is 2.21. The van der Waals surface area contributed by atoms with Gasteiger partial charge in [-0.15, -0.1) is 0 Å². The molecule has 0 aromatic heterocycles. The van der Waals surface area contributed by atoms with Crippen molar-refractivity contribution in [3.05, 3.63) is 0 Å². The van der Waals surface area contributed by atoms with Crippen LogP contribution in [-0.2, 0) is 4.74 Å². The van der Waals surface area contributed by atoms with Gasteiger partial charge in [0.05, 0.1) is 12.8 Å². The van der Waals surface area contributed by atoms with Crippen LogP contribution in [0, 0.1) is 0 Å². The first kappa shape index (κ1) is 13.2. The zero-order chi connectivity index (χ0) is 11.8. The van der Waals surface area contributed by atoms with Gasteiger partial charge in [0.1, 0.15) is 0 Å². The van der Waals surface area contributed by atoms with Crippen LogP contribution in [0.25, 0.3) is 0 Å². The number of nitrogens with zero attached hydrogens (tertiary/aromatic N) is 1. The van der Waals surface area contributed by atoms with Gasteiger partial charge < -0.3 is 15.0 Å². The Morgan fingerprint density at radius 3 is 3.00 bits per heavy atom. The van der Waals surface area contributed by atoms with Gasteiger partial charge in [0.15, 0.2) is 0 Å². The number of halogens is 1. The predicted octanol–water partition coefficient (Wildman–Crippen LogP) is 1.56. The largest absolute Gasteiger partial charge is 0.376 e. The van der Waals surface area contributed by atoms with Crippen molar-refractivity contribution in [3.63, 3.8) is 0 Å². The molecule has 1 atom stereocenters. The molecule has 0 unspecified atom stereocenters. The Balaban J connectivity index is 2.25. The lowest BCUT2D eigenvalue weighted by Gasteiger charge is -2.24. The third-order valence-corrected chi connectivity index (χ3v) is 2.70. The summed E-state index contributed by atoms with van der Waals surface area (Å²) in [5.74, 6) is 0. The van der Waals surface area contributed by atoms with Crippen LogP contribution in [0.1, 0.15) is 26.2 Å². The summed E-state index contributed by atoms with van der Waals surface area (Å²) in [6.45, 7) is 4.03. The fourth-order valence-corrected chi connectivity index (χ4v) is 1.76. The average Bonchev–Trinajstić information content (AvgIpc) is 2.78. The monoisotopic (exact) mass is 232 g/mol. The summed E-state index contributed by atoms with van der Waals surface area (Å²) >= 11 is 0. The molecule has 1 aliphatic rings. The van der Waals surface area contributed by atoms with Crippen molar-refractivity contribution in [1.29, 1.82) is 0 Å². The molecular formula is C11H21FN2O2. The van der Waals surface area contributed by atoms with Crippen molar-refractivity contribution in [2.45, 2.75) is 32.3 Å². The lowest BCUT2D eigenvalue weighted by molar-refractivity contribution is 0.0826. The van der Waals surface area contributed by atoms with E-state index in [0.29, 0.717) is 26.1 Å². The van der Waals surface area contributed by atoms with Crippen molar-refractivity contribution >= 4 is 6.03 Å². The highest BCUT2D eigenvalue weighted by atomic mass is 19.1. The molecule has 2 amide bonds. The molecule has 1 heterocycles. The van der Waals surface area contributed by atoms with E-state index in [1.54, 1.807) is 4.90 Å². The van der Waals surface area contributed by atoms with Gasteiger partial charge in [-0.05, 0) is 26.2 Å². The van der Waals surface area contributed by atoms with Crippen LogP contribution < -0.4 is 5.32 Å². The van der Waals surface area contributed by atoms with Crippen molar-refractivity contribution in [2.24, 2.45) is 0 Å². The molecule has 0 aliphatic carbocycles. The van der Waals surface area contributed by atoms with Gasteiger partial charge in [-0.2, -0.15) is 0 Å². The lowest BCUT2D eigenvalue weighted by atomic mass is 10.2. The van der Waals surface area contributed by atoms with Crippen molar-refractivity contribution in [1.82, 2.24) is 10.2 Å². The molecular weight excluding hydrogens is 211 g/mol. The predicted molar refractivity (Wildman–Crippen MR) is 60.2 cm³/mol. The summed E-state index contributed by atoms with van der Waals surface area (Å²) in [6, 6.07) is -0.119. The third-order valence-electron chi connectivity index (χ3n) is 2.70. The Kier molecular flexibility index (Phi) is 6.15. The molecule has 1 saturated heterocycles.